The maximum atomic E-state index is 13.0. The second kappa shape index (κ2) is 8.31. The van der Waals surface area contributed by atoms with Crippen LogP contribution < -0.4 is 21.3 Å². The number of anilines is 1. The Balaban J connectivity index is 1.79. The van der Waals surface area contributed by atoms with E-state index in [1.54, 1.807) is 30.9 Å². The summed E-state index contributed by atoms with van der Waals surface area (Å²) in [6.45, 7) is 0.883. The van der Waals surface area contributed by atoms with Crippen molar-refractivity contribution in [2.24, 2.45) is 14.1 Å². The van der Waals surface area contributed by atoms with Crippen molar-refractivity contribution < 1.29 is 4.74 Å². The Morgan fingerprint density at radius 1 is 0.968 bits per heavy atom. The predicted octanol–water partition coefficient (Wildman–Crippen LogP) is 2.76. The van der Waals surface area contributed by atoms with Crippen molar-refractivity contribution in [3.63, 3.8) is 0 Å². The van der Waals surface area contributed by atoms with Gasteiger partial charge in [-0.2, -0.15) is 4.98 Å². The molecule has 31 heavy (non-hydrogen) atoms. The minimum atomic E-state index is -0.421. The molecule has 0 fully saturated rings. The van der Waals surface area contributed by atoms with E-state index in [1.807, 2.05) is 36.4 Å². The summed E-state index contributed by atoms with van der Waals surface area (Å²) in [7, 11) is 4.70. The molecular weight excluding hydrogens is 418 g/mol. The van der Waals surface area contributed by atoms with Gasteiger partial charge < -0.3 is 10.1 Å². The molecule has 0 aliphatic rings. The molecule has 0 bridgehead atoms. The average Bonchev–Trinajstić information content (AvgIpc) is 3.15. The van der Waals surface area contributed by atoms with E-state index >= 15 is 0 Å². The first kappa shape index (κ1) is 20.7. The van der Waals surface area contributed by atoms with Crippen LogP contribution in [0.4, 0.5) is 5.95 Å². The molecule has 2 heterocycles. The van der Waals surface area contributed by atoms with Gasteiger partial charge in [-0.3, -0.25) is 18.5 Å². The number of imidazole rings is 1. The van der Waals surface area contributed by atoms with Crippen molar-refractivity contribution in [2.75, 3.05) is 12.4 Å². The van der Waals surface area contributed by atoms with Gasteiger partial charge in [-0.1, -0.05) is 35.9 Å². The van der Waals surface area contributed by atoms with Gasteiger partial charge in [0.2, 0.25) is 5.95 Å². The standard InChI is InChI=1S/C22H22ClN5O3/c1-26-19-18(20(29)27(2)22(26)30)28(13-15-4-8-16(23)9-5-15)21(25-19)24-12-14-6-10-17(31-3)11-7-14/h4-11H,12-13H2,1-3H3,(H,24,25). The van der Waals surface area contributed by atoms with Gasteiger partial charge in [0.05, 0.1) is 13.7 Å². The Labute approximate surface area is 183 Å². The van der Waals surface area contributed by atoms with Gasteiger partial charge in [-0.25, -0.2) is 4.79 Å². The van der Waals surface area contributed by atoms with Crippen LogP contribution >= 0.6 is 11.6 Å². The van der Waals surface area contributed by atoms with Crippen LogP contribution in [0.2, 0.25) is 5.02 Å². The van der Waals surface area contributed by atoms with Gasteiger partial charge in [0.1, 0.15) is 5.75 Å². The van der Waals surface area contributed by atoms with Crippen molar-refractivity contribution in [3.05, 3.63) is 85.5 Å². The molecule has 0 amide bonds. The van der Waals surface area contributed by atoms with Crippen LogP contribution in [0.5, 0.6) is 5.75 Å². The Kier molecular flexibility index (Phi) is 5.56. The molecule has 1 N–H and O–H groups in total. The second-order valence-electron chi connectivity index (χ2n) is 7.23. The maximum Gasteiger partial charge on any atom is 0.332 e. The highest BCUT2D eigenvalue weighted by Crippen LogP contribution is 2.20. The molecule has 9 heteroatoms. The fraction of sp³-hybridized carbons (Fsp3) is 0.227. The molecule has 0 saturated heterocycles. The van der Waals surface area contributed by atoms with Crippen LogP contribution in [0, 0.1) is 0 Å². The lowest BCUT2D eigenvalue weighted by atomic mass is 10.2. The third kappa shape index (κ3) is 3.94. The third-order valence-electron chi connectivity index (χ3n) is 5.21. The monoisotopic (exact) mass is 439 g/mol. The summed E-state index contributed by atoms with van der Waals surface area (Å²) >= 11 is 6.01. The number of benzene rings is 2. The fourth-order valence-corrected chi connectivity index (χ4v) is 3.56. The highest BCUT2D eigenvalue weighted by atomic mass is 35.5. The zero-order chi connectivity index (χ0) is 22.1. The average molecular weight is 440 g/mol. The normalized spacial score (nSPS) is 11.1. The number of nitrogens with zero attached hydrogens (tertiary/aromatic N) is 4. The smallest absolute Gasteiger partial charge is 0.332 e. The highest BCUT2D eigenvalue weighted by molar-refractivity contribution is 6.30. The second-order valence-corrected chi connectivity index (χ2v) is 7.66. The molecule has 0 radical (unpaired) electrons. The molecule has 2 aromatic carbocycles. The molecule has 4 aromatic rings. The number of rotatable bonds is 6. The molecule has 160 valence electrons. The summed E-state index contributed by atoms with van der Waals surface area (Å²) in [6, 6.07) is 15.1. The number of aromatic nitrogens is 4. The lowest BCUT2D eigenvalue weighted by Gasteiger charge is -2.12. The summed E-state index contributed by atoms with van der Waals surface area (Å²) in [5, 5.41) is 3.94. The molecule has 0 atom stereocenters. The summed E-state index contributed by atoms with van der Waals surface area (Å²) < 4.78 is 9.47. The van der Waals surface area contributed by atoms with E-state index in [0.29, 0.717) is 35.2 Å². The van der Waals surface area contributed by atoms with Crippen LogP contribution in [0.1, 0.15) is 11.1 Å². The Morgan fingerprint density at radius 3 is 2.26 bits per heavy atom. The number of nitrogens with one attached hydrogen (secondary N) is 1. The van der Waals surface area contributed by atoms with Crippen molar-refractivity contribution in [1.29, 1.82) is 0 Å². The van der Waals surface area contributed by atoms with Crippen LogP contribution in [-0.2, 0) is 27.2 Å². The van der Waals surface area contributed by atoms with Gasteiger partial charge in [0.15, 0.2) is 11.2 Å². The number of hydrogen-bond donors (Lipinski definition) is 1. The first-order valence-electron chi connectivity index (χ1n) is 9.66. The van der Waals surface area contributed by atoms with E-state index in [-0.39, 0.29) is 0 Å². The molecule has 0 aliphatic heterocycles. The maximum absolute atomic E-state index is 13.0. The topological polar surface area (TPSA) is 83.1 Å². The van der Waals surface area contributed by atoms with Crippen molar-refractivity contribution in [3.8, 4) is 5.75 Å². The van der Waals surface area contributed by atoms with Crippen molar-refractivity contribution in [1.82, 2.24) is 18.7 Å². The lowest BCUT2D eigenvalue weighted by Crippen LogP contribution is -2.37. The first-order chi connectivity index (χ1) is 14.9. The van der Waals surface area contributed by atoms with E-state index in [9.17, 15) is 9.59 Å². The molecule has 2 aromatic heterocycles. The highest BCUT2D eigenvalue weighted by Gasteiger charge is 2.19. The molecule has 0 saturated carbocycles. The molecule has 0 unspecified atom stereocenters. The number of ether oxygens (including phenoxy) is 1. The van der Waals surface area contributed by atoms with E-state index in [1.165, 1.54) is 11.6 Å². The summed E-state index contributed by atoms with van der Waals surface area (Å²) in [5.74, 6) is 1.27. The number of methoxy groups -OCH3 is 1. The minimum Gasteiger partial charge on any atom is -0.497 e. The number of fused-ring (bicyclic) bond motifs is 1. The molecule has 4 rings (SSSR count). The first-order valence-corrected chi connectivity index (χ1v) is 10.0. The Hall–Kier alpha value is -3.52. The molecular formula is C22H22ClN5O3. The van der Waals surface area contributed by atoms with E-state index < -0.39 is 11.2 Å². The van der Waals surface area contributed by atoms with Gasteiger partial charge >= 0.3 is 5.69 Å². The molecule has 8 nitrogen and oxygen atoms in total. The quantitative estimate of drug-likeness (QED) is 0.499. The summed E-state index contributed by atoms with van der Waals surface area (Å²) in [4.78, 5) is 29.9. The summed E-state index contributed by atoms with van der Waals surface area (Å²) in [5.41, 5.74) is 1.85. The van der Waals surface area contributed by atoms with Crippen LogP contribution in [0.15, 0.2) is 58.1 Å². The fourth-order valence-electron chi connectivity index (χ4n) is 3.43. The number of halogens is 1. The summed E-state index contributed by atoms with van der Waals surface area (Å²) in [6.07, 6.45) is 0. The zero-order valence-electron chi connectivity index (χ0n) is 17.4. The number of aryl methyl sites for hydroxylation is 1. The van der Waals surface area contributed by atoms with Crippen LogP contribution in [-0.4, -0.2) is 25.8 Å². The Bertz CT molecular complexity index is 1350. The third-order valence-corrected chi connectivity index (χ3v) is 5.46. The van der Waals surface area contributed by atoms with Crippen molar-refractivity contribution in [2.45, 2.75) is 13.1 Å². The van der Waals surface area contributed by atoms with Gasteiger partial charge in [0, 0.05) is 25.7 Å². The molecule has 0 spiro atoms. The van der Waals surface area contributed by atoms with Gasteiger partial charge in [0.25, 0.3) is 5.56 Å². The minimum absolute atomic E-state index is 0.333. The van der Waals surface area contributed by atoms with Gasteiger partial charge in [-0.05, 0) is 35.4 Å². The van der Waals surface area contributed by atoms with E-state index in [4.69, 9.17) is 16.3 Å². The molecule has 0 aliphatic carbocycles. The number of hydrogen-bond acceptors (Lipinski definition) is 5. The van der Waals surface area contributed by atoms with E-state index in [2.05, 4.69) is 10.3 Å². The van der Waals surface area contributed by atoms with Crippen LogP contribution in [0.25, 0.3) is 11.2 Å². The largest absolute Gasteiger partial charge is 0.497 e. The predicted molar refractivity (Wildman–Crippen MR) is 121 cm³/mol. The van der Waals surface area contributed by atoms with Gasteiger partial charge in [-0.15, -0.1) is 0 Å². The Morgan fingerprint density at radius 2 is 1.61 bits per heavy atom. The van der Waals surface area contributed by atoms with Crippen LogP contribution in [0.3, 0.4) is 0 Å². The SMILES string of the molecule is COc1ccc(CNc2nc3c(c(=O)n(C)c(=O)n3C)n2Cc2ccc(Cl)cc2)cc1. The lowest BCUT2D eigenvalue weighted by molar-refractivity contribution is 0.414. The van der Waals surface area contributed by atoms with E-state index in [0.717, 1.165) is 21.4 Å². The zero-order valence-corrected chi connectivity index (χ0v) is 18.2. The van der Waals surface area contributed by atoms with Crippen molar-refractivity contribution >= 4 is 28.7 Å².